The highest BCUT2D eigenvalue weighted by atomic mass is 35.5. The normalized spacial score (nSPS) is 12.0. The fourth-order valence-corrected chi connectivity index (χ4v) is 5.76. The minimum absolute atomic E-state index is 0.0737. The Kier molecular flexibility index (Phi) is 11.6. The third kappa shape index (κ3) is 9.10. The van der Waals surface area contributed by atoms with E-state index in [1.807, 2.05) is 68.4 Å². The first kappa shape index (κ1) is 31.2. The van der Waals surface area contributed by atoms with Crippen LogP contribution in [0.15, 0.2) is 78.9 Å². The van der Waals surface area contributed by atoms with Gasteiger partial charge < -0.3 is 10.2 Å². The second kappa shape index (κ2) is 14.9. The topological polar surface area (TPSA) is 86.8 Å². The Hall–Kier alpha value is -3.36. The van der Waals surface area contributed by atoms with Gasteiger partial charge in [-0.15, -0.1) is 0 Å². The molecule has 3 rings (SSSR count). The van der Waals surface area contributed by atoms with Crippen molar-refractivity contribution in [3.63, 3.8) is 0 Å². The molecule has 9 heteroatoms. The van der Waals surface area contributed by atoms with E-state index < -0.39 is 16.1 Å². The van der Waals surface area contributed by atoms with Crippen LogP contribution in [-0.4, -0.2) is 50.5 Å². The molecule has 0 fully saturated rings. The van der Waals surface area contributed by atoms with Crippen LogP contribution < -0.4 is 9.62 Å². The zero-order valence-corrected chi connectivity index (χ0v) is 24.9. The van der Waals surface area contributed by atoms with Crippen molar-refractivity contribution in [2.45, 2.75) is 52.1 Å². The number of rotatable bonds is 14. The van der Waals surface area contributed by atoms with Crippen molar-refractivity contribution in [1.82, 2.24) is 10.2 Å². The molecule has 0 spiro atoms. The maximum atomic E-state index is 13.8. The van der Waals surface area contributed by atoms with Crippen LogP contribution in [0, 0.1) is 0 Å². The summed E-state index contributed by atoms with van der Waals surface area (Å²) in [5.41, 5.74) is 3.41. The lowest BCUT2D eigenvalue weighted by Gasteiger charge is -2.32. The molecule has 40 heavy (non-hydrogen) atoms. The Balaban J connectivity index is 1.85. The monoisotopic (exact) mass is 583 g/mol. The molecule has 1 N–H and O–H groups in total. The average molecular weight is 584 g/mol. The van der Waals surface area contributed by atoms with E-state index in [9.17, 15) is 18.0 Å². The summed E-state index contributed by atoms with van der Waals surface area (Å²) in [6.45, 7) is 4.65. The van der Waals surface area contributed by atoms with Crippen molar-refractivity contribution in [2.24, 2.45) is 0 Å². The molecule has 3 aromatic carbocycles. The summed E-state index contributed by atoms with van der Waals surface area (Å²) < 4.78 is 26.5. The van der Waals surface area contributed by atoms with E-state index >= 15 is 0 Å². The summed E-state index contributed by atoms with van der Waals surface area (Å²) in [6.07, 6.45) is 2.73. The summed E-state index contributed by atoms with van der Waals surface area (Å²) in [7, 11) is -3.56. The number of aryl methyl sites for hydroxylation is 1. The maximum absolute atomic E-state index is 13.8. The molecule has 0 heterocycles. The van der Waals surface area contributed by atoms with Gasteiger partial charge in [-0.2, -0.15) is 0 Å². The Morgan fingerprint density at radius 3 is 2.17 bits per heavy atom. The molecule has 0 aliphatic rings. The smallest absolute Gasteiger partial charge is 0.243 e. The minimum Gasteiger partial charge on any atom is -0.355 e. The van der Waals surface area contributed by atoms with E-state index in [4.69, 9.17) is 11.6 Å². The van der Waals surface area contributed by atoms with E-state index in [1.165, 1.54) is 10.6 Å². The van der Waals surface area contributed by atoms with Crippen LogP contribution in [0.4, 0.5) is 5.69 Å². The number of benzene rings is 3. The lowest BCUT2D eigenvalue weighted by molar-refractivity contribution is -0.141. The largest absolute Gasteiger partial charge is 0.355 e. The number of hydrogen-bond acceptors (Lipinski definition) is 4. The highest BCUT2D eigenvalue weighted by molar-refractivity contribution is 7.92. The Labute approximate surface area is 243 Å². The van der Waals surface area contributed by atoms with Gasteiger partial charge >= 0.3 is 0 Å². The molecule has 0 saturated carbocycles. The van der Waals surface area contributed by atoms with E-state index in [-0.39, 0.29) is 31.3 Å². The van der Waals surface area contributed by atoms with Gasteiger partial charge in [0.2, 0.25) is 21.8 Å². The number of carbonyl (C=O) groups excluding carboxylic acids is 2. The quantitative estimate of drug-likeness (QED) is 0.282. The lowest BCUT2D eigenvalue weighted by atomic mass is 10.0. The fourth-order valence-electron chi connectivity index (χ4n) is 4.58. The molecule has 0 aliphatic heterocycles. The number of halogens is 1. The predicted molar refractivity (Wildman–Crippen MR) is 162 cm³/mol. The molecular formula is C31H38ClN3O4S. The van der Waals surface area contributed by atoms with Crippen LogP contribution in [0.3, 0.4) is 0 Å². The van der Waals surface area contributed by atoms with Crippen molar-refractivity contribution in [3.05, 3.63) is 101 Å². The van der Waals surface area contributed by atoms with Crippen molar-refractivity contribution >= 4 is 39.1 Å². The summed E-state index contributed by atoms with van der Waals surface area (Å²) in [5.74, 6) is -0.475. The Morgan fingerprint density at radius 1 is 0.900 bits per heavy atom. The van der Waals surface area contributed by atoms with Crippen molar-refractivity contribution in [3.8, 4) is 0 Å². The van der Waals surface area contributed by atoms with Gasteiger partial charge in [-0.05, 0) is 60.7 Å². The Morgan fingerprint density at radius 2 is 1.57 bits per heavy atom. The van der Waals surface area contributed by atoms with Crippen LogP contribution in [0.5, 0.6) is 0 Å². The van der Waals surface area contributed by atoms with Crippen LogP contribution in [0.1, 0.15) is 43.4 Å². The predicted octanol–water partition coefficient (Wildman–Crippen LogP) is 5.22. The lowest BCUT2D eigenvalue weighted by Crippen LogP contribution is -2.50. The van der Waals surface area contributed by atoms with E-state index in [1.54, 1.807) is 29.2 Å². The van der Waals surface area contributed by atoms with Crippen molar-refractivity contribution < 1.29 is 18.0 Å². The zero-order valence-electron chi connectivity index (χ0n) is 23.3. The van der Waals surface area contributed by atoms with Gasteiger partial charge in [0.1, 0.15) is 6.04 Å². The highest BCUT2D eigenvalue weighted by Crippen LogP contribution is 2.21. The molecular weight excluding hydrogens is 546 g/mol. The number of anilines is 1. The molecule has 7 nitrogen and oxygen atoms in total. The summed E-state index contributed by atoms with van der Waals surface area (Å²) in [4.78, 5) is 28.6. The van der Waals surface area contributed by atoms with Gasteiger partial charge in [0.15, 0.2) is 0 Å². The van der Waals surface area contributed by atoms with Crippen LogP contribution in [-0.2, 0) is 39.0 Å². The summed E-state index contributed by atoms with van der Waals surface area (Å²) >= 11 is 6.22. The van der Waals surface area contributed by atoms with Gasteiger partial charge in [-0.25, -0.2) is 8.42 Å². The first-order chi connectivity index (χ1) is 19.1. The summed E-state index contributed by atoms with van der Waals surface area (Å²) in [6, 6.07) is 23.4. The molecule has 0 saturated heterocycles. The third-order valence-corrected chi connectivity index (χ3v) is 8.08. The van der Waals surface area contributed by atoms with Gasteiger partial charge in [0, 0.05) is 37.5 Å². The van der Waals surface area contributed by atoms with Crippen LogP contribution in [0.25, 0.3) is 0 Å². The number of nitrogens with one attached hydrogen (secondary N) is 1. The standard InChI is InChI=1S/C31H38ClN3O4S/c1-4-24-16-18-28(19-17-24)35(40(3,38)39)20-10-15-30(36)34(23-26-13-9-14-27(32)21-26)29(31(37)33-5-2)22-25-11-7-6-8-12-25/h6-9,11-14,16-19,21,29H,4-5,10,15,20,22-23H2,1-3H3,(H,33,37)/t29-/m0/s1. The maximum Gasteiger partial charge on any atom is 0.243 e. The van der Waals surface area contributed by atoms with Gasteiger partial charge in [-0.3, -0.25) is 13.9 Å². The number of hydrogen-bond donors (Lipinski definition) is 1. The van der Waals surface area contributed by atoms with E-state index in [0.29, 0.717) is 30.1 Å². The Bertz CT molecular complexity index is 1360. The molecule has 214 valence electrons. The summed E-state index contributed by atoms with van der Waals surface area (Å²) in [5, 5.41) is 3.42. The van der Waals surface area contributed by atoms with Crippen LogP contribution >= 0.6 is 11.6 Å². The number of nitrogens with zero attached hydrogens (tertiary/aromatic N) is 2. The number of likely N-dealkylation sites (N-methyl/N-ethyl adjacent to an activating group) is 1. The van der Waals surface area contributed by atoms with Gasteiger partial charge in [0.05, 0.1) is 11.9 Å². The molecule has 0 bridgehead atoms. The van der Waals surface area contributed by atoms with Gasteiger partial charge in [-0.1, -0.05) is 73.1 Å². The number of sulfonamides is 1. The second-order valence-corrected chi connectivity index (χ2v) is 12.1. The molecule has 0 aromatic heterocycles. The highest BCUT2D eigenvalue weighted by Gasteiger charge is 2.30. The van der Waals surface area contributed by atoms with E-state index in [2.05, 4.69) is 5.32 Å². The third-order valence-electron chi connectivity index (χ3n) is 6.65. The molecule has 2 amide bonds. The molecule has 0 unspecified atom stereocenters. The van der Waals surface area contributed by atoms with Crippen molar-refractivity contribution in [1.29, 1.82) is 0 Å². The van der Waals surface area contributed by atoms with E-state index in [0.717, 1.165) is 23.1 Å². The zero-order chi connectivity index (χ0) is 29.1. The number of amides is 2. The minimum atomic E-state index is -3.56. The molecule has 1 atom stereocenters. The molecule has 0 aliphatic carbocycles. The van der Waals surface area contributed by atoms with Crippen molar-refractivity contribution in [2.75, 3.05) is 23.7 Å². The fraction of sp³-hybridized carbons (Fsp3) is 0.355. The molecule has 3 aromatic rings. The molecule has 0 radical (unpaired) electrons. The number of carbonyl (C=O) groups is 2. The second-order valence-electron chi connectivity index (χ2n) is 9.71. The first-order valence-electron chi connectivity index (χ1n) is 13.5. The SMILES string of the molecule is CCNC(=O)[C@H](Cc1ccccc1)N(Cc1cccc(Cl)c1)C(=O)CCCN(c1ccc(CC)cc1)S(C)(=O)=O. The van der Waals surface area contributed by atoms with Gasteiger partial charge in [0.25, 0.3) is 0 Å². The van der Waals surface area contributed by atoms with Crippen LogP contribution in [0.2, 0.25) is 5.02 Å². The average Bonchev–Trinajstić information content (AvgIpc) is 2.93. The first-order valence-corrected chi connectivity index (χ1v) is 15.8.